The molecule has 266 valence electrons. The van der Waals surface area contributed by atoms with Crippen LogP contribution in [0.5, 0.6) is 11.5 Å². The molecule has 1 N–H and O–H groups in total. The Kier molecular flexibility index (Phi) is 35.2. The highest BCUT2D eigenvalue weighted by Crippen LogP contribution is 2.17. The molecular formula is C43H70O2S2. The van der Waals surface area contributed by atoms with E-state index in [0.29, 0.717) is 5.75 Å². The van der Waals surface area contributed by atoms with Crippen molar-refractivity contribution >= 4 is 22.4 Å². The van der Waals surface area contributed by atoms with Crippen LogP contribution < -0.4 is 4.74 Å². The van der Waals surface area contributed by atoms with Crippen LogP contribution in [0.25, 0.3) is 0 Å². The molecule has 2 aromatic carbocycles. The van der Waals surface area contributed by atoms with Crippen LogP contribution in [0.3, 0.4) is 0 Å². The van der Waals surface area contributed by atoms with Crippen LogP contribution in [0, 0.1) is 0 Å². The van der Waals surface area contributed by atoms with Gasteiger partial charge in [-0.2, -0.15) is 0 Å². The molecule has 2 nitrogen and oxygen atoms in total. The van der Waals surface area contributed by atoms with Gasteiger partial charge in [-0.1, -0.05) is 139 Å². The van der Waals surface area contributed by atoms with Crippen molar-refractivity contribution in [1.29, 1.82) is 0 Å². The molecule has 0 bridgehead atoms. The quantitative estimate of drug-likeness (QED) is 0.0750. The van der Waals surface area contributed by atoms with Crippen LogP contribution in [-0.2, 0) is 35.2 Å². The molecule has 0 aliphatic carbocycles. The normalized spacial score (nSPS) is 10.9. The summed E-state index contributed by atoms with van der Waals surface area (Å²) in [6.45, 7) is 4.53. The summed E-state index contributed by atoms with van der Waals surface area (Å²) >= 11 is 7.33. The number of aryl methyl sites for hydroxylation is 2. The number of methoxy groups -OCH3 is 1. The molecule has 0 fully saturated rings. The molecule has 0 unspecified atom stereocenters. The Bertz CT molecular complexity index is 987. The predicted molar refractivity (Wildman–Crippen MR) is 214 cm³/mol. The second kappa shape index (κ2) is 36.8. The first-order chi connectivity index (χ1) is 23.2. The number of aromatic hydroxyl groups is 1. The van der Waals surface area contributed by atoms with Gasteiger partial charge in [-0.25, -0.2) is 0 Å². The molecule has 0 spiro atoms. The van der Waals surface area contributed by atoms with Crippen LogP contribution >= 0.6 is 0 Å². The third-order valence-electron chi connectivity index (χ3n) is 8.50. The number of unbranched alkanes of at least 4 members (excludes halogenated alkanes) is 18. The van der Waals surface area contributed by atoms with E-state index in [-0.39, 0.29) is 0 Å². The van der Waals surface area contributed by atoms with Crippen LogP contribution in [0.1, 0.15) is 166 Å². The highest BCUT2D eigenvalue weighted by molar-refractivity contribution is 8.07. The lowest BCUT2D eigenvalue weighted by atomic mass is 10.0. The van der Waals surface area contributed by atoms with Gasteiger partial charge in [-0.15, -0.1) is 0 Å². The topological polar surface area (TPSA) is 29.5 Å². The van der Waals surface area contributed by atoms with E-state index in [2.05, 4.69) is 84.8 Å². The molecule has 0 amide bonds. The standard InChI is InChI=1S/C22H36O.C21H34O.S2/c1-3-4-5-6-7-8-9-10-11-12-13-14-15-17-21-18-16-19-22(20-21)23-2;1-2-3-4-5-6-7-8-9-10-11-12-13-14-16-20-17-15-18-21(22)19-20;1-2/h8-9,16,18-20H,3-7,10-15,17H2,1-2H3;7-8,15,17-19,22H,2-6,9-14,16H2,1H3;/b9-8+;8-7+;. The molecular weight excluding hydrogens is 613 g/mol. The van der Waals surface area contributed by atoms with Crippen LogP contribution in [0.4, 0.5) is 0 Å². The second-order valence-corrected chi connectivity index (χ2v) is 12.8. The number of hydrogen-bond acceptors (Lipinski definition) is 4. The lowest BCUT2D eigenvalue weighted by molar-refractivity contribution is 0.414. The van der Waals surface area contributed by atoms with Gasteiger partial charge in [0, 0.05) is 22.4 Å². The molecule has 4 heteroatoms. The third kappa shape index (κ3) is 31.0. The zero-order valence-corrected chi connectivity index (χ0v) is 32.2. The number of phenolic OH excluding ortho intramolecular Hbond substituents is 1. The minimum atomic E-state index is 0.388. The van der Waals surface area contributed by atoms with Gasteiger partial charge in [0.05, 0.1) is 7.11 Å². The second-order valence-electron chi connectivity index (χ2n) is 12.8. The number of ether oxygens (including phenoxy) is 1. The monoisotopic (exact) mass is 682 g/mol. The van der Waals surface area contributed by atoms with Crippen LogP contribution in [0.15, 0.2) is 72.8 Å². The van der Waals surface area contributed by atoms with E-state index in [4.69, 9.17) is 4.74 Å². The van der Waals surface area contributed by atoms with Gasteiger partial charge in [0.2, 0.25) is 0 Å². The average molecular weight is 683 g/mol. The van der Waals surface area contributed by atoms with E-state index in [9.17, 15) is 5.11 Å². The molecule has 0 heterocycles. The summed E-state index contributed by atoms with van der Waals surface area (Å²) in [6, 6.07) is 16.1. The Hall–Kier alpha value is -2.04. The smallest absolute Gasteiger partial charge is 0.119 e. The van der Waals surface area contributed by atoms with Gasteiger partial charge < -0.3 is 9.84 Å². The SMILES string of the molecule is CCCCCC/C=C/CCCCCCCc1cccc(O)c1.CCCCCC/C=C/CCCCCCCc1cccc(OC)c1.S=S. The van der Waals surface area contributed by atoms with Crippen molar-refractivity contribution in [3.63, 3.8) is 0 Å². The van der Waals surface area contributed by atoms with Crippen molar-refractivity contribution in [3.05, 3.63) is 84.0 Å². The summed E-state index contributed by atoms with van der Waals surface area (Å²) < 4.78 is 5.27. The average Bonchev–Trinajstić information content (AvgIpc) is 3.10. The fourth-order valence-electron chi connectivity index (χ4n) is 5.63. The highest BCUT2D eigenvalue weighted by atomic mass is 32.8. The van der Waals surface area contributed by atoms with Gasteiger partial charge in [0.1, 0.15) is 11.5 Å². The number of phenols is 1. The zero-order chi connectivity index (χ0) is 34.5. The molecule has 0 saturated carbocycles. The van der Waals surface area contributed by atoms with Crippen molar-refractivity contribution in [2.75, 3.05) is 7.11 Å². The minimum Gasteiger partial charge on any atom is -0.508 e. The maximum absolute atomic E-state index is 9.41. The van der Waals surface area contributed by atoms with E-state index >= 15 is 0 Å². The number of benzene rings is 2. The fourth-order valence-corrected chi connectivity index (χ4v) is 5.63. The lowest BCUT2D eigenvalue weighted by Gasteiger charge is -2.04. The molecule has 0 aliphatic heterocycles. The Labute approximate surface area is 301 Å². The zero-order valence-electron chi connectivity index (χ0n) is 30.6. The molecule has 0 atom stereocenters. The van der Waals surface area contributed by atoms with Crippen molar-refractivity contribution in [2.24, 2.45) is 0 Å². The molecule has 2 aromatic rings. The van der Waals surface area contributed by atoms with E-state index in [0.717, 1.165) is 12.2 Å². The Morgan fingerprint density at radius 3 is 1.32 bits per heavy atom. The fraction of sp³-hybridized carbons (Fsp3) is 0.628. The van der Waals surface area contributed by atoms with E-state index in [1.54, 1.807) is 13.2 Å². The Balaban J connectivity index is 0.000000856. The van der Waals surface area contributed by atoms with E-state index in [1.807, 2.05) is 18.2 Å². The van der Waals surface area contributed by atoms with Gasteiger partial charge in [0.25, 0.3) is 0 Å². The third-order valence-corrected chi connectivity index (χ3v) is 8.50. The number of rotatable bonds is 27. The molecule has 47 heavy (non-hydrogen) atoms. The van der Waals surface area contributed by atoms with Gasteiger partial charge in [0.15, 0.2) is 0 Å². The van der Waals surface area contributed by atoms with E-state index in [1.165, 1.54) is 159 Å². The summed E-state index contributed by atoms with van der Waals surface area (Å²) in [5.41, 5.74) is 2.65. The summed E-state index contributed by atoms with van der Waals surface area (Å²) in [4.78, 5) is 0. The number of allylic oxidation sites excluding steroid dienone is 4. The molecule has 0 aliphatic rings. The number of hydrogen-bond donors (Lipinski definition) is 1. The van der Waals surface area contributed by atoms with Crippen LogP contribution in [-0.4, -0.2) is 12.2 Å². The highest BCUT2D eigenvalue weighted by Gasteiger charge is 1.97. The van der Waals surface area contributed by atoms with Crippen molar-refractivity contribution < 1.29 is 9.84 Å². The Morgan fingerprint density at radius 2 is 0.894 bits per heavy atom. The van der Waals surface area contributed by atoms with Gasteiger partial charge >= 0.3 is 0 Å². The molecule has 0 aromatic heterocycles. The maximum Gasteiger partial charge on any atom is 0.119 e. The summed E-state index contributed by atoms with van der Waals surface area (Å²) in [5, 5.41) is 9.41. The summed E-state index contributed by atoms with van der Waals surface area (Å²) in [6.07, 6.45) is 41.1. The van der Waals surface area contributed by atoms with Gasteiger partial charge in [-0.05, 0) is 112 Å². The first-order valence-corrected chi connectivity index (χ1v) is 20.4. The minimum absolute atomic E-state index is 0.388. The van der Waals surface area contributed by atoms with E-state index < -0.39 is 0 Å². The van der Waals surface area contributed by atoms with Crippen molar-refractivity contribution in [2.45, 2.75) is 168 Å². The molecule has 0 saturated heterocycles. The molecule has 0 radical (unpaired) electrons. The first kappa shape index (κ1) is 45.0. The maximum atomic E-state index is 9.41. The summed E-state index contributed by atoms with van der Waals surface area (Å²) in [5.74, 6) is 1.36. The summed E-state index contributed by atoms with van der Waals surface area (Å²) in [7, 11) is 1.73. The van der Waals surface area contributed by atoms with Gasteiger partial charge in [-0.3, -0.25) is 0 Å². The van der Waals surface area contributed by atoms with Crippen molar-refractivity contribution in [1.82, 2.24) is 0 Å². The largest absolute Gasteiger partial charge is 0.508 e. The predicted octanol–water partition coefficient (Wildman–Crippen LogP) is 13.9. The Morgan fingerprint density at radius 1 is 0.511 bits per heavy atom. The van der Waals surface area contributed by atoms with Crippen molar-refractivity contribution in [3.8, 4) is 11.5 Å². The first-order valence-electron chi connectivity index (χ1n) is 19.1. The molecule has 2 rings (SSSR count). The lowest BCUT2D eigenvalue weighted by Crippen LogP contribution is -1.88. The van der Waals surface area contributed by atoms with Crippen LogP contribution in [0.2, 0.25) is 0 Å².